The number of nitrogens with two attached hydrogens (primary N) is 1. The Bertz CT molecular complexity index is 508. The van der Waals surface area contributed by atoms with Gasteiger partial charge in [-0.3, -0.25) is 4.98 Å². The average Bonchev–Trinajstić information content (AvgIpc) is 2.38. The van der Waals surface area contributed by atoms with E-state index in [-0.39, 0.29) is 0 Å². The molecule has 0 spiro atoms. The Hall–Kier alpha value is -1.77. The summed E-state index contributed by atoms with van der Waals surface area (Å²) in [6.45, 7) is 5.42. The maximum absolute atomic E-state index is 5.95. The second kappa shape index (κ2) is 5.04. The minimum atomic E-state index is 0.666. The van der Waals surface area contributed by atoms with Crippen molar-refractivity contribution in [2.24, 2.45) is 5.92 Å². The van der Waals surface area contributed by atoms with Crippen molar-refractivity contribution in [2.45, 2.75) is 20.3 Å². The predicted octanol–water partition coefficient (Wildman–Crippen LogP) is 3.28. The number of fused-ring (bicyclic) bond motifs is 1. The van der Waals surface area contributed by atoms with Crippen molar-refractivity contribution in [1.82, 2.24) is 4.98 Å². The first-order chi connectivity index (χ1) is 8.22. The summed E-state index contributed by atoms with van der Waals surface area (Å²) in [6, 6.07) is 5.93. The molecular formula is C14H19N3. The summed E-state index contributed by atoms with van der Waals surface area (Å²) < 4.78 is 0. The van der Waals surface area contributed by atoms with Gasteiger partial charge in [-0.15, -0.1) is 0 Å². The van der Waals surface area contributed by atoms with E-state index in [2.05, 4.69) is 24.1 Å². The van der Waals surface area contributed by atoms with E-state index in [1.165, 1.54) is 6.42 Å². The van der Waals surface area contributed by atoms with Crippen LogP contribution in [0.15, 0.2) is 30.6 Å². The van der Waals surface area contributed by atoms with E-state index in [0.29, 0.717) is 5.92 Å². The fraction of sp³-hybridized carbons (Fsp3) is 0.357. The first kappa shape index (κ1) is 11.7. The van der Waals surface area contributed by atoms with Crippen LogP contribution in [0.4, 0.5) is 11.4 Å². The zero-order valence-electron chi connectivity index (χ0n) is 10.4. The van der Waals surface area contributed by atoms with Crippen molar-refractivity contribution in [2.75, 3.05) is 17.6 Å². The molecule has 1 aromatic heterocycles. The first-order valence-corrected chi connectivity index (χ1v) is 6.08. The average molecular weight is 229 g/mol. The van der Waals surface area contributed by atoms with Crippen LogP contribution in [0, 0.1) is 5.92 Å². The van der Waals surface area contributed by atoms with Gasteiger partial charge in [0.25, 0.3) is 0 Å². The Kier molecular flexibility index (Phi) is 3.47. The Labute approximate surface area is 102 Å². The molecule has 0 aliphatic carbocycles. The minimum Gasteiger partial charge on any atom is -0.398 e. The van der Waals surface area contributed by atoms with E-state index in [9.17, 15) is 0 Å². The molecule has 0 aliphatic heterocycles. The van der Waals surface area contributed by atoms with Crippen LogP contribution >= 0.6 is 0 Å². The molecule has 2 aromatic rings. The lowest BCUT2D eigenvalue weighted by Crippen LogP contribution is -2.10. The number of nitrogens with zero attached hydrogens (tertiary/aromatic N) is 1. The quantitative estimate of drug-likeness (QED) is 0.791. The fourth-order valence-electron chi connectivity index (χ4n) is 1.80. The highest BCUT2D eigenvalue weighted by Gasteiger charge is 2.05. The number of aromatic nitrogens is 1. The molecule has 1 heterocycles. The van der Waals surface area contributed by atoms with E-state index in [1.54, 1.807) is 6.20 Å². The number of nitrogen functional groups attached to an aromatic ring is 1. The van der Waals surface area contributed by atoms with Crippen molar-refractivity contribution < 1.29 is 0 Å². The third kappa shape index (κ3) is 2.49. The lowest BCUT2D eigenvalue weighted by molar-refractivity contribution is 0.594. The van der Waals surface area contributed by atoms with Crippen LogP contribution in [0.2, 0.25) is 0 Å². The number of nitrogens with one attached hydrogen (secondary N) is 1. The number of pyridine rings is 1. The monoisotopic (exact) mass is 229 g/mol. The maximum atomic E-state index is 5.95. The smallest absolute Gasteiger partial charge is 0.0437 e. The second-order valence-electron chi connectivity index (χ2n) is 4.52. The van der Waals surface area contributed by atoms with Gasteiger partial charge in [-0.1, -0.05) is 20.3 Å². The van der Waals surface area contributed by atoms with Gasteiger partial charge >= 0.3 is 0 Å². The van der Waals surface area contributed by atoms with E-state index < -0.39 is 0 Å². The number of hydrogen-bond acceptors (Lipinski definition) is 3. The first-order valence-electron chi connectivity index (χ1n) is 6.08. The van der Waals surface area contributed by atoms with Gasteiger partial charge in [-0.05, 0) is 24.1 Å². The van der Waals surface area contributed by atoms with Crippen molar-refractivity contribution in [3.63, 3.8) is 0 Å². The maximum Gasteiger partial charge on any atom is 0.0437 e. The second-order valence-corrected chi connectivity index (χ2v) is 4.52. The summed E-state index contributed by atoms with van der Waals surface area (Å²) in [5.41, 5.74) is 7.87. The molecule has 1 aromatic carbocycles. The molecule has 0 amide bonds. The summed E-state index contributed by atoms with van der Waals surface area (Å²) in [4.78, 5) is 4.17. The molecule has 0 bridgehead atoms. The molecule has 3 heteroatoms. The summed E-state index contributed by atoms with van der Waals surface area (Å²) in [5, 5.41) is 5.63. The zero-order valence-corrected chi connectivity index (χ0v) is 10.4. The Morgan fingerprint density at radius 3 is 2.88 bits per heavy atom. The Morgan fingerprint density at radius 1 is 1.29 bits per heavy atom. The number of hydrogen-bond donors (Lipinski definition) is 2. The van der Waals surface area contributed by atoms with Crippen LogP contribution in [-0.2, 0) is 0 Å². The summed E-state index contributed by atoms with van der Waals surface area (Å²) in [5.74, 6) is 0.666. The number of rotatable bonds is 4. The van der Waals surface area contributed by atoms with Gasteiger partial charge in [0, 0.05) is 41.1 Å². The topological polar surface area (TPSA) is 50.9 Å². The van der Waals surface area contributed by atoms with Gasteiger partial charge in [-0.25, -0.2) is 0 Å². The largest absolute Gasteiger partial charge is 0.398 e. The number of benzene rings is 1. The van der Waals surface area contributed by atoms with Gasteiger partial charge in [-0.2, -0.15) is 0 Å². The van der Waals surface area contributed by atoms with Crippen LogP contribution < -0.4 is 11.1 Å². The highest BCUT2D eigenvalue weighted by atomic mass is 14.9. The van der Waals surface area contributed by atoms with Crippen molar-refractivity contribution in [3.05, 3.63) is 30.6 Å². The number of anilines is 2. The molecule has 2 rings (SSSR count). The third-order valence-corrected chi connectivity index (χ3v) is 3.19. The summed E-state index contributed by atoms with van der Waals surface area (Å²) in [7, 11) is 0. The molecule has 17 heavy (non-hydrogen) atoms. The highest BCUT2D eigenvalue weighted by Crippen LogP contribution is 2.27. The van der Waals surface area contributed by atoms with Gasteiger partial charge in [0.2, 0.25) is 0 Å². The molecule has 0 aliphatic rings. The van der Waals surface area contributed by atoms with Crippen molar-refractivity contribution in [1.29, 1.82) is 0 Å². The predicted molar refractivity (Wildman–Crippen MR) is 74.1 cm³/mol. The standard InChI is InChI=1S/C14H19N3/c1-3-10(2)8-17-14-5-4-13(15)11-6-7-16-9-12(11)14/h4-7,9-10,17H,3,8,15H2,1-2H3. The van der Waals surface area contributed by atoms with Gasteiger partial charge in [0.15, 0.2) is 0 Å². The van der Waals surface area contributed by atoms with Gasteiger partial charge in [0.05, 0.1) is 0 Å². The van der Waals surface area contributed by atoms with Crippen molar-refractivity contribution in [3.8, 4) is 0 Å². The molecule has 90 valence electrons. The molecule has 0 fully saturated rings. The Morgan fingerprint density at radius 2 is 2.12 bits per heavy atom. The zero-order chi connectivity index (χ0) is 12.3. The SMILES string of the molecule is CCC(C)CNc1ccc(N)c2ccncc12. The van der Waals surface area contributed by atoms with Crippen LogP contribution in [-0.4, -0.2) is 11.5 Å². The van der Waals surface area contributed by atoms with E-state index >= 15 is 0 Å². The molecule has 0 radical (unpaired) electrons. The fourth-order valence-corrected chi connectivity index (χ4v) is 1.80. The molecule has 1 unspecified atom stereocenters. The summed E-state index contributed by atoms with van der Waals surface area (Å²) >= 11 is 0. The van der Waals surface area contributed by atoms with Gasteiger partial charge in [0.1, 0.15) is 0 Å². The van der Waals surface area contributed by atoms with Crippen LogP contribution in [0.3, 0.4) is 0 Å². The van der Waals surface area contributed by atoms with Crippen LogP contribution in [0.5, 0.6) is 0 Å². The van der Waals surface area contributed by atoms with Gasteiger partial charge < -0.3 is 11.1 Å². The third-order valence-electron chi connectivity index (χ3n) is 3.19. The van der Waals surface area contributed by atoms with Crippen LogP contribution in [0.25, 0.3) is 10.8 Å². The molecule has 0 saturated carbocycles. The van der Waals surface area contributed by atoms with E-state index in [1.807, 2.05) is 24.4 Å². The lowest BCUT2D eigenvalue weighted by Gasteiger charge is -2.14. The molecule has 3 N–H and O–H groups in total. The lowest BCUT2D eigenvalue weighted by atomic mass is 10.1. The molecule has 3 nitrogen and oxygen atoms in total. The molecule has 1 atom stereocenters. The van der Waals surface area contributed by atoms with Crippen molar-refractivity contribution >= 4 is 22.1 Å². The van der Waals surface area contributed by atoms with E-state index in [0.717, 1.165) is 28.7 Å². The summed E-state index contributed by atoms with van der Waals surface area (Å²) in [6.07, 6.45) is 4.82. The Balaban J connectivity index is 2.32. The minimum absolute atomic E-state index is 0.666. The normalized spacial score (nSPS) is 12.6. The highest BCUT2D eigenvalue weighted by molar-refractivity contribution is 6.00. The van der Waals surface area contributed by atoms with Crippen LogP contribution in [0.1, 0.15) is 20.3 Å². The molecular weight excluding hydrogens is 210 g/mol. The van der Waals surface area contributed by atoms with E-state index in [4.69, 9.17) is 5.73 Å². The molecule has 0 saturated heterocycles.